The van der Waals surface area contributed by atoms with Gasteiger partial charge in [-0.05, 0) is 58.3 Å². The van der Waals surface area contributed by atoms with E-state index < -0.39 is 0 Å². The molecule has 0 fully saturated rings. The normalized spacial score (nSPS) is 15.6. The van der Waals surface area contributed by atoms with Crippen molar-refractivity contribution < 1.29 is 4.74 Å². The molecule has 0 saturated heterocycles. The van der Waals surface area contributed by atoms with Crippen molar-refractivity contribution in [2.75, 3.05) is 5.32 Å². The number of anilines is 1. The van der Waals surface area contributed by atoms with Crippen LogP contribution >= 0.6 is 50.2 Å². The minimum absolute atomic E-state index is 0.686. The molecule has 122 valence electrons. The highest BCUT2D eigenvalue weighted by Gasteiger charge is 2.17. The number of benzene rings is 1. The molecule has 1 aliphatic heterocycles. The molecule has 0 spiro atoms. The molecule has 7 heteroatoms. The fourth-order valence-corrected chi connectivity index (χ4v) is 5.59. The Morgan fingerprint density at radius 3 is 3.04 bits per heavy atom. The van der Waals surface area contributed by atoms with E-state index in [9.17, 15) is 0 Å². The van der Waals surface area contributed by atoms with Crippen LogP contribution in [0.5, 0.6) is 5.75 Å². The standard InChI is InChI=1S/C17H12BrClN2OS2/c1-2-9(6-16-21-12-8-14(18)23-17(12)24-16)5-15-20-11-7-10(19)3-4-13(11)22-15/h3-8,20H,2H2,1H3. The van der Waals surface area contributed by atoms with Gasteiger partial charge in [-0.3, -0.25) is 0 Å². The maximum atomic E-state index is 6.01. The van der Waals surface area contributed by atoms with E-state index in [2.05, 4.69) is 45.3 Å². The zero-order valence-corrected chi connectivity index (χ0v) is 16.6. The molecule has 1 N–H and O–H groups in total. The molecule has 3 heterocycles. The molecule has 0 atom stereocenters. The lowest BCUT2D eigenvalue weighted by Gasteiger charge is -2.01. The summed E-state index contributed by atoms with van der Waals surface area (Å²) in [5, 5.41) is 4.94. The van der Waals surface area contributed by atoms with Crippen LogP contribution in [0, 0.1) is 0 Å². The van der Waals surface area contributed by atoms with E-state index in [4.69, 9.17) is 16.3 Å². The number of rotatable bonds is 3. The van der Waals surface area contributed by atoms with Crippen LogP contribution in [0.25, 0.3) is 15.6 Å². The van der Waals surface area contributed by atoms with Crippen molar-refractivity contribution in [3.05, 3.63) is 55.6 Å². The number of allylic oxidation sites excluding steroid dienone is 2. The molecule has 4 rings (SSSR count). The quantitative estimate of drug-likeness (QED) is 0.481. The summed E-state index contributed by atoms with van der Waals surface area (Å²) in [6.07, 6.45) is 5.02. The van der Waals surface area contributed by atoms with E-state index in [1.165, 1.54) is 4.01 Å². The second-order valence-electron chi connectivity index (χ2n) is 5.22. The molecule has 1 aliphatic rings. The van der Waals surface area contributed by atoms with Crippen LogP contribution < -0.4 is 10.1 Å². The summed E-state index contributed by atoms with van der Waals surface area (Å²) >= 11 is 12.9. The Balaban J connectivity index is 1.60. The predicted molar refractivity (Wildman–Crippen MR) is 107 cm³/mol. The first-order valence-electron chi connectivity index (χ1n) is 7.33. The molecular formula is C17H12BrClN2OS2. The molecule has 0 amide bonds. The van der Waals surface area contributed by atoms with Gasteiger partial charge in [0.05, 0.1) is 15.0 Å². The Hall–Kier alpha value is -1.34. The summed E-state index contributed by atoms with van der Waals surface area (Å²) in [5.41, 5.74) is 3.09. The molecule has 1 aromatic carbocycles. The van der Waals surface area contributed by atoms with Crippen LogP contribution in [-0.4, -0.2) is 4.98 Å². The van der Waals surface area contributed by atoms with Crippen molar-refractivity contribution in [1.82, 2.24) is 4.98 Å². The Labute approximate surface area is 160 Å². The second kappa shape index (κ2) is 6.52. The summed E-state index contributed by atoms with van der Waals surface area (Å²) in [4.78, 5) is 4.66. The van der Waals surface area contributed by atoms with Gasteiger partial charge in [-0.1, -0.05) is 18.5 Å². The first-order chi connectivity index (χ1) is 11.6. The molecule has 2 aromatic heterocycles. The number of hydrogen-bond acceptors (Lipinski definition) is 5. The average molecular weight is 440 g/mol. The molecule has 0 bridgehead atoms. The third-order valence-electron chi connectivity index (χ3n) is 3.53. The van der Waals surface area contributed by atoms with Crippen LogP contribution in [-0.2, 0) is 0 Å². The number of hydrogen-bond donors (Lipinski definition) is 1. The van der Waals surface area contributed by atoms with E-state index in [1.807, 2.05) is 24.3 Å². The van der Waals surface area contributed by atoms with E-state index in [1.54, 1.807) is 22.7 Å². The summed E-state index contributed by atoms with van der Waals surface area (Å²) in [7, 11) is 0. The van der Waals surface area contributed by atoms with Gasteiger partial charge in [0.1, 0.15) is 9.02 Å². The van der Waals surface area contributed by atoms with Gasteiger partial charge in [0.15, 0.2) is 11.6 Å². The largest absolute Gasteiger partial charge is 0.439 e. The van der Waals surface area contributed by atoms with Gasteiger partial charge in [0, 0.05) is 11.1 Å². The van der Waals surface area contributed by atoms with Gasteiger partial charge >= 0.3 is 0 Å². The van der Waals surface area contributed by atoms with Gasteiger partial charge in [-0.25, -0.2) is 4.98 Å². The van der Waals surface area contributed by atoms with Gasteiger partial charge in [-0.2, -0.15) is 0 Å². The van der Waals surface area contributed by atoms with Crippen molar-refractivity contribution in [1.29, 1.82) is 0 Å². The zero-order valence-electron chi connectivity index (χ0n) is 12.6. The summed E-state index contributed by atoms with van der Waals surface area (Å²) in [5.74, 6) is 1.50. The van der Waals surface area contributed by atoms with E-state index in [0.717, 1.165) is 37.7 Å². The van der Waals surface area contributed by atoms with Crippen LogP contribution in [0.4, 0.5) is 5.69 Å². The fraction of sp³-hybridized carbons (Fsp3) is 0.118. The lowest BCUT2D eigenvalue weighted by Crippen LogP contribution is -1.97. The summed E-state index contributed by atoms with van der Waals surface area (Å²) in [6, 6.07) is 7.61. The van der Waals surface area contributed by atoms with Crippen LogP contribution in [0.15, 0.2) is 45.6 Å². The highest BCUT2D eigenvalue weighted by Crippen LogP contribution is 2.37. The van der Waals surface area contributed by atoms with Gasteiger partial charge in [0.2, 0.25) is 0 Å². The third-order valence-corrected chi connectivity index (χ3v) is 6.50. The maximum Gasteiger partial charge on any atom is 0.198 e. The molecule has 0 unspecified atom stereocenters. The number of nitrogens with one attached hydrogen (secondary N) is 1. The Bertz CT molecular complexity index is 958. The zero-order chi connectivity index (χ0) is 16.7. The molecular weight excluding hydrogens is 428 g/mol. The van der Waals surface area contributed by atoms with Crippen molar-refractivity contribution >= 4 is 71.5 Å². The van der Waals surface area contributed by atoms with Gasteiger partial charge in [-0.15, -0.1) is 22.7 Å². The van der Waals surface area contributed by atoms with Gasteiger partial charge in [0.25, 0.3) is 0 Å². The fourth-order valence-electron chi connectivity index (χ4n) is 2.39. The molecule has 3 nitrogen and oxygen atoms in total. The molecule has 24 heavy (non-hydrogen) atoms. The van der Waals surface area contributed by atoms with Crippen molar-refractivity contribution in [2.45, 2.75) is 13.3 Å². The lowest BCUT2D eigenvalue weighted by molar-refractivity contribution is 0.456. The number of thiazole rings is 1. The number of ether oxygens (including phenoxy) is 1. The number of fused-ring (bicyclic) bond motifs is 2. The summed E-state index contributed by atoms with van der Waals surface area (Å²) < 4.78 is 8.17. The number of thiophene rings is 1. The van der Waals surface area contributed by atoms with Crippen molar-refractivity contribution in [3.63, 3.8) is 0 Å². The van der Waals surface area contributed by atoms with Crippen LogP contribution in [0.1, 0.15) is 18.4 Å². The molecule has 3 aromatic rings. The van der Waals surface area contributed by atoms with E-state index >= 15 is 0 Å². The Morgan fingerprint density at radius 2 is 2.25 bits per heavy atom. The van der Waals surface area contributed by atoms with E-state index in [-0.39, 0.29) is 0 Å². The monoisotopic (exact) mass is 438 g/mol. The average Bonchev–Trinajstić information content (AvgIpc) is 3.18. The maximum absolute atomic E-state index is 6.01. The summed E-state index contributed by atoms with van der Waals surface area (Å²) in [6.45, 7) is 2.12. The number of halogens is 2. The predicted octanol–water partition coefficient (Wildman–Crippen LogP) is 6.91. The number of aromatic nitrogens is 1. The van der Waals surface area contributed by atoms with Crippen LogP contribution in [0.3, 0.4) is 0 Å². The smallest absolute Gasteiger partial charge is 0.198 e. The Morgan fingerprint density at radius 1 is 1.38 bits per heavy atom. The van der Waals surface area contributed by atoms with Crippen LogP contribution in [0.2, 0.25) is 5.02 Å². The molecule has 0 saturated carbocycles. The SMILES string of the molecule is CCC(=Cc1nc2cc(Br)sc2s1)C=C1Nc2cc(Cl)ccc2O1. The molecule has 0 radical (unpaired) electrons. The highest BCUT2D eigenvalue weighted by atomic mass is 79.9. The van der Waals surface area contributed by atoms with Gasteiger partial charge < -0.3 is 10.1 Å². The molecule has 0 aliphatic carbocycles. The topological polar surface area (TPSA) is 34.2 Å². The minimum atomic E-state index is 0.686. The Kier molecular flexibility index (Phi) is 4.39. The third kappa shape index (κ3) is 3.24. The second-order valence-corrected chi connectivity index (χ2v) is 9.38. The van der Waals surface area contributed by atoms with E-state index in [0.29, 0.717) is 10.9 Å². The first-order valence-corrected chi connectivity index (χ1v) is 10.1. The van der Waals surface area contributed by atoms with Crippen molar-refractivity contribution in [3.8, 4) is 5.75 Å². The minimum Gasteiger partial charge on any atom is -0.439 e. The number of nitrogens with zero attached hydrogens (tertiary/aromatic N) is 1. The van der Waals surface area contributed by atoms with Crippen molar-refractivity contribution in [2.24, 2.45) is 0 Å². The first kappa shape index (κ1) is 16.1. The highest BCUT2D eigenvalue weighted by molar-refractivity contribution is 9.11. The lowest BCUT2D eigenvalue weighted by atomic mass is 10.2.